The van der Waals surface area contributed by atoms with Crippen LogP contribution in [0, 0.1) is 0 Å². The Hall–Kier alpha value is -1.66. The largest absolute Gasteiger partial charge is 0.302 e. The second-order valence-corrected chi connectivity index (χ2v) is 6.48. The molecule has 2 aromatic heterocycles. The van der Waals surface area contributed by atoms with Gasteiger partial charge in [0.05, 0.1) is 0 Å². The molecule has 0 radical (unpaired) electrons. The number of halogens is 1. The number of hydrogen-bond donors (Lipinski definition) is 1. The van der Waals surface area contributed by atoms with E-state index in [1.165, 1.54) is 0 Å². The quantitative estimate of drug-likeness (QED) is 0.511. The standard InChI is InChI=1S/C18H28ClN5O/c1-4-7-8-9-16(25)22-18-20-14-10-11-15(19)21-17(14)24(18)13-12-23(5-2)6-3/h10-11H,4-9,12-13H2,1-3H3,(H,20,22,25). The van der Waals surface area contributed by atoms with Crippen LogP contribution in [-0.2, 0) is 11.3 Å². The number of hydrogen-bond acceptors (Lipinski definition) is 4. The van der Waals surface area contributed by atoms with E-state index in [4.69, 9.17) is 11.6 Å². The van der Waals surface area contributed by atoms with Crippen LogP contribution in [0.2, 0.25) is 5.15 Å². The van der Waals surface area contributed by atoms with Gasteiger partial charge in [0.2, 0.25) is 11.9 Å². The minimum Gasteiger partial charge on any atom is -0.302 e. The predicted molar refractivity (Wildman–Crippen MR) is 103 cm³/mol. The summed E-state index contributed by atoms with van der Waals surface area (Å²) in [6, 6.07) is 3.56. The van der Waals surface area contributed by atoms with Crippen LogP contribution >= 0.6 is 11.6 Å². The van der Waals surface area contributed by atoms with Crippen LogP contribution in [0.4, 0.5) is 5.95 Å². The second-order valence-electron chi connectivity index (χ2n) is 6.10. The highest BCUT2D eigenvalue weighted by Crippen LogP contribution is 2.20. The van der Waals surface area contributed by atoms with Crippen LogP contribution < -0.4 is 5.32 Å². The molecular formula is C18H28ClN5O. The Labute approximate surface area is 154 Å². The number of carbonyl (C=O) groups excluding carboxylic acids is 1. The molecule has 0 saturated carbocycles. The zero-order chi connectivity index (χ0) is 18.2. The number of imidazole rings is 1. The lowest BCUT2D eigenvalue weighted by molar-refractivity contribution is -0.116. The Bertz CT molecular complexity index is 696. The van der Waals surface area contributed by atoms with E-state index in [-0.39, 0.29) is 5.91 Å². The molecule has 1 amide bonds. The van der Waals surface area contributed by atoms with Crippen molar-refractivity contribution in [3.63, 3.8) is 0 Å². The van der Waals surface area contributed by atoms with Gasteiger partial charge in [-0.25, -0.2) is 9.97 Å². The molecule has 2 heterocycles. The molecule has 0 spiro atoms. The molecule has 2 aromatic rings. The Kier molecular flexibility index (Phi) is 7.65. The van der Waals surface area contributed by atoms with Gasteiger partial charge in [-0.2, -0.15) is 0 Å². The summed E-state index contributed by atoms with van der Waals surface area (Å²) >= 11 is 6.06. The predicted octanol–water partition coefficient (Wildman–Crippen LogP) is 3.95. The molecule has 0 fully saturated rings. The number of unbranched alkanes of at least 4 members (excludes halogenated alkanes) is 2. The first-order valence-corrected chi connectivity index (χ1v) is 9.51. The summed E-state index contributed by atoms with van der Waals surface area (Å²) in [5.74, 6) is 0.553. The summed E-state index contributed by atoms with van der Waals surface area (Å²) in [5, 5.41) is 3.38. The van der Waals surface area contributed by atoms with Crippen molar-refractivity contribution < 1.29 is 4.79 Å². The van der Waals surface area contributed by atoms with Crippen LogP contribution in [-0.4, -0.2) is 45.0 Å². The van der Waals surface area contributed by atoms with Crippen molar-refractivity contribution in [3.8, 4) is 0 Å². The molecule has 0 atom stereocenters. The molecule has 0 aliphatic heterocycles. The molecule has 0 saturated heterocycles. The number of nitrogens with zero attached hydrogens (tertiary/aromatic N) is 4. The van der Waals surface area contributed by atoms with Crippen molar-refractivity contribution in [1.29, 1.82) is 0 Å². The van der Waals surface area contributed by atoms with Crippen molar-refractivity contribution in [1.82, 2.24) is 19.4 Å². The number of nitrogens with one attached hydrogen (secondary N) is 1. The number of aromatic nitrogens is 3. The lowest BCUT2D eigenvalue weighted by atomic mass is 10.2. The molecule has 0 unspecified atom stereocenters. The topological polar surface area (TPSA) is 63.1 Å². The maximum absolute atomic E-state index is 12.2. The van der Waals surface area contributed by atoms with E-state index in [1.807, 2.05) is 10.6 Å². The van der Waals surface area contributed by atoms with Gasteiger partial charge in [-0.1, -0.05) is 45.2 Å². The third-order valence-corrected chi connectivity index (χ3v) is 4.56. The zero-order valence-electron chi connectivity index (χ0n) is 15.4. The number of amides is 1. The van der Waals surface area contributed by atoms with Gasteiger partial charge in [0.15, 0.2) is 5.65 Å². The van der Waals surface area contributed by atoms with Gasteiger partial charge in [0, 0.05) is 19.5 Å². The molecule has 1 N–H and O–H groups in total. The number of rotatable bonds is 10. The summed E-state index contributed by atoms with van der Waals surface area (Å²) in [6.45, 7) is 9.94. The van der Waals surface area contributed by atoms with E-state index in [2.05, 4.69) is 41.0 Å². The van der Waals surface area contributed by atoms with E-state index >= 15 is 0 Å². The van der Waals surface area contributed by atoms with Crippen LogP contribution in [0.25, 0.3) is 11.2 Å². The molecule has 0 aliphatic carbocycles. The lowest BCUT2D eigenvalue weighted by Crippen LogP contribution is -2.28. The molecule has 0 aliphatic rings. The van der Waals surface area contributed by atoms with E-state index < -0.39 is 0 Å². The monoisotopic (exact) mass is 365 g/mol. The SMILES string of the molecule is CCCCCC(=O)Nc1nc2ccc(Cl)nc2n1CCN(CC)CC. The number of likely N-dealkylation sites (N-methyl/N-ethyl adjacent to an activating group) is 1. The minimum atomic E-state index is -0.000979. The number of carbonyl (C=O) groups is 1. The highest BCUT2D eigenvalue weighted by molar-refractivity contribution is 6.29. The average Bonchev–Trinajstić information content (AvgIpc) is 2.92. The van der Waals surface area contributed by atoms with Gasteiger partial charge in [-0.05, 0) is 31.6 Å². The molecule has 138 valence electrons. The first-order valence-electron chi connectivity index (χ1n) is 9.14. The van der Waals surface area contributed by atoms with Crippen molar-refractivity contribution in [2.75, 3.05) is 25.0 Å². The van der Waals surface area contributed by atoms with E-state index in [9.17, 15) is 4.79 Å². The van der Waals surface area contributed by atoms with Crippen LogP contribution in [0.3, 0.4) is 0 Å². The molecular weight excluding hydrogens is 338 g/mol. The van der Waals surface area contributed by atoms with Crippen molar-refractivity contribution in [2.45, 2.75) is 53.0 Å². The molecule has 2 rings (SSSR count). The molecule has 6 nitrogen and oxygen atoms in total. The normalized spacial score (nSPS) is 11.4. The number of anilines is 1. The Morgan fingerprint density at radius 1 is 1.20 bits per heavy atom. The third kappa shape index (κ3) is 5.41. The maximum Gasteiger partial charge on any atom is 0.226 e. The van der Waals surface area contributed by atoms with E-state index in [1.54, 1.807) is 6.07 Å². The van der Waals surface area contributed by atoms with Crippen LogP contribution in [0.5, 0.6) is 0 Å². The van der Waals surface area contributed by atoms with Crippen LogP contribution in [0.1, 0.15) is 46.5 Å². The van der Waals surface area contributed by atoms with Crippen molar-refractivity contribution in [2.24, 2.45) is 0 Å². The number of pyridine rings is 1. The fraction of sp³-hybridized carbons (Fsp3) is 0.611. The first-order chi connectivity index (χ1) is 12.1. The third-order valence-electron chi connectivity index (χ3n) is 4.35. The highest BCUT2D eigenvalue weighted by Gasteiger charge is 2.15. The van der Waals surface area contributed by atoms with Gasteiger partial charge in [0.1, 0.15) is 10.7 Å². The summed E-state index contributed by atoms with van der Waals surface area (Å²) in [6.07, 6.45) is 3.56. The average molecular weight is 366 g/mol. The fourth-order valence-corrected chi connectivity index (χ4v) is 2.93. The van der Waals surface area contributed by atoms with Gasteiger partial charge < -0.3 is 4.90 Å². The molecule has 0 bridgehead atoms. The highest BCUT2D eigenvalue weighted by atomic mass is 35.5. The zero-order valence-corrected chi connectivity index (χ0v) is 16.1. The smallest absolute Gasteiger partial charge is 0.226 e. The Balaban J connectivity index is 2.21. The fourth-order valence-electron chi connectivity index (χ4n) is 2.79. The Morgan fingerprint density at radius 2 is 1.96 bits per heavy atom. The number of fused-ring (bicyclic) bond motifs is 1. The van der Waals surface area contributed by atoms with Crippen LogP contribution in [0.15, 0.2) is 12.1 Å². The minimum absolute atomic E-state index is 0.000979. The van der Waals surface area contributed by atoms with E-state index in [0.717, 1.165) is 44.4 Å². The molecule has 25 heavy (non-hydrogen) atoms. The molecule has 7 heteroatoms. The van der Waals surface area contributed by atoms with Crippen molar-refractivity contribution in [3.05, 3.63) is 17.3 Å². The molecule has 0 aromatic carbocycles. The second kappa shape index (κ2) is 9.73. The van der Waals surface area contributed by atoms with Gasteiger partial charge in [-0.3, -0.25) is 14.7 Å². The summed E-state index contributed by atoms with van der Waals surface area (Å²) < 4.78 is 1.96. The first kappa shape index (κ1) is 19.7. The van der Waals surface area contributed by atoms with Gasteiger partial charge in [-0.15, -0.1) is 0 Å². The summed E-state index contributed by atoms with van der Waals surface area (Å²) in [7, 11) is 0. The maximum atomic E-state index is 12.2. The van der Waals surface area contributed by atoms with E-state index in [0.29, 0.717) is 29.7 Å². The lowest BCUT2D eigenvalue weighted by Gasteiger charge is -2.19. The van der Waals surface area contributed by atoms with Gasteiger partial charge >= 0.3 is 0 Å². The van der Waals surface area contributed by atoms with Gasteiger partial charge in [0.25, 0.3) is 0 Å². The summed E-state index contributed by atoms with van der Waals surface area (Å²) in [4.78, 5) is 23.5. The summed E-state index contributed by atoms with van der Waals surface area (Å²) in [5.41, 5.74) is 1.45. The Morgan fingerprint density at radius 3 is 2.64 bits per heavy atom. The van der Waals surface area contributed by atoms with Crippen molar-refractivity contribution >= 4 is 34.6 Å².